The van der Waals surface area contributed by atoms with Crippen molar-refractivity contribution in [3.8, 4) is 90.1 Å². The van der Waals surface area contributed by atoms with Gasteiger partial charge in [0.05, 0.1) is 22.8 Å². The Morgan fingerprint density at radius 3 is 0.934 bits per heavy atom. The van der Waals surface area contributed by atoms with Gasteiger partial charge in [0.15, 0.2) is 11.6 Å². The molecule has 8 aromatic carbocycles. The number of hydrogen-bond donors (Lipinski definition) is 0. The molecular weight excluding hydrogens is 761 g/mol. The van der Waals surface area contributed by atoms with Crippen LogP contribution in [0.3, 0.4) is 0 Å². The molecule has 0 aliphatic heterocycles. The molecule has 0 N–H and O–H groups in total. The first kappa shape index (κ1) is 36.2. The molecule has 0 unspecified atom stereocenters. The normalized spacial score (nSPS) is 11.3. The first-order valence-electron chi connectivity index (χ1n) is 20.4. The molecule has 0 amide bonds. The van der Waals surface area contributed by atoms with Gasteiger partial charge in [-0.25, -0.2) is 19.9 Å². The summed E-state index contributed by atoms with van der Waals surface area (Å²) in [6.07, 6.45) is 0. The highest BCUT2D eigenvalue weighted by molar-refractivity contribution is 7.25. The highest BCUT2D eigenvalue weighted by Crippen LogP contribution is 2.40. The third-order valence-corrected chi connectivity index (χ3v) is 12.3. The number of thiophene rings is 1. The van der Waals surface area contributed by atoms with E-state index in [-0.39, 0.29) is 0 Å². The van der Waals surface area contributed by atoms with Gasteiger partial charge in [0.2, 0.25) is 0 Å². The van der Waals surface area contributed by atoms with Crippen LogP contribution in [-0.4, -0.2) is 19.9 Å². The van der Waals surface area contributed by atoms with Crippen LogP contribution in [0.1, 0.15) is 0 Å². The molecule has 3 heterocycles. The molecule has 0 fully saturated rings. The first-order chi connectivity index (χ1) is 30.2. The Morgan fingerprint density at radius 1 is 0.230 bits per heavy atom. The fourth-order valence-corrected chi connectivity index (χ4v) is 9.06. The third-order valence-electron chi connectivity index (χ3n) is 11.1. The van der Waals surface area contributed by atoms with E-state index in [1.165, 1.54) is 20.2 Å². The summed E-state index contributed by atoms with van der Waals surface area (Å²) in [5.41, 5.74) is 14.3. The molecule has 0 saturated carbocycles. The minimum absolute atomic E-state index is 0.709. The fourth-order valence-electron chi connectivity index (χ4n) is 7.99. The molecule has 61 heavy (non-hydrogen) atoms. The number of nitrogens with zero attached hydrogens (tertiary/aromatic N) is 4. The van der Waals surface area contributed by atoms with Crippen molar-refractivity contribution in [2.75, 3.05) is 0 Å². The van der Waals surface area contributed by atoms with Crippen LogP contribution in [0.5, 0.6) is 0 Å². The zero-order valence-corrected chi connectivity index (χ0v) is 33.8. The van der Waals surface area contributed by atoms with Crippen molar-refractivity contribution >= 4 is 31.5 Å². The fraction of sp³-hybridized carbons (Fsp3) is 0. The van der Waals surface area contributed by atoms with Crippen LogP contribution in [0.2, 0.25) is 0 Å². The molecule has 4 nitrogen and oxygen atoms in total. The molecule has 11 rings (SSSR count). The molecule has 11 aromatic rings. The Balaban J connectivity index is 0.962. The molecule has 0 aliphatic carbocycles. The second-order valence-electron chi connectivity index (χ2n) is 15.1. The molecule has 5 heteroatoms. The standard InChI is InChI=1S/C56H36N4S/c1-5-15-37(16-6-1)49-35-51(59-55(57-49)39-19-9-3-10-20-39)45-25-13-23-41(31-45)43-27-29-53-47(33-43)48-34-44(28-30-54(48)61-53)42-24-14-26-46(32-42)52-36-50(38-17-7-2-8-18-38)58-56(60-52)40-21-11-4-12-22-40/h1-36H. The summed E-state index contributed by atoms with van der Waals surface area (Å²) < 4.78 is 2.53. The average molecular weight is 797 g/mol. The molecule has 0 bridgehead atoms. The monoisotopic (exact) mass is 796 g/mol. The Labute approximate surface area is 358 Å². The van der Waals surface area contributed by atoms with E-state index in [0.717, 1.165) is 78.4 Å². The molecule has 0 saturated heterocycles. The summed E-state index contributed by atoms with van der Waals surface area (Å²) >= 11 is 1.83. The largest absolute Gasteiger partial charge is 0.228 e. The Hall–Kier alpha value is -7.86. The van der Waals surface area contributed by atoms with E-state index in [1.807, 2.05) is 84.1 Å². The average Bonchev–Trinajstić information content (AvgIpc) is 3.72. The Kier molecular flexibility index (Phi) is 9.34. The van der Waals surface area contributed by atoms with E-state index in [2.05, 4.69) is 146 Å². The van der Waals surface area contributed by atoms with Gasteiger partial charge in [0.1, 0.15) is 0 Å². The van der Waals surface area contributed by atoms with Crippen LogP contribution in [0.25, 0.3) is 110 Å². The maximum Gasteiger partial charge on any atom is 0.160 e. The lowest BCUT2D eigenvalue weighted by Gasteiger charge is -2.11. The van der Waals surface area contributed by atoms with Crippen molar-refractivity contribution in [3.05, 3.63) is 218 Å². The summed E-state index contributed by atoms with van der Waals surface area (Å²) in [5.74, 6) is 1.42. The Morgan fingerprint density at radius 2 is 0.541 bits per heavy atom. The summed E-state index contributed by atoms with van der Waals surface area (Å²) in [4.78, 5) is 20.2. The van der Waals surface area contributed by atoms with Gasteiger partial charge in [-0.05, 0) is 70.8 Å². The van der Waals surface area contributed by atoms with Crippen molar-refractivity contribution in [2.45, 2.75) is 0 Å². The van der Waals surface area contributed by atoms with E-state index in [4.69, 9.17) is 19.9 Å². The summed E-state index contributed by atoms with van der Waals surface area (Å²) in [6.45, 7) is 0. The van der Waals surface area contributed by atoms with Gasteiger partial charge in [-0.1, -0.05) is 170 Å². The highest BCUT2D eigenvalue weighted by atomic mass is 32.1. The summed E-state index contributed by atoms with van der Waals surface area (Å²) in [5, 5.41) is 2.49. The van der Waals surface area contributed by atoms with Gasteiger partial charge < -0.3 is 0 Å². The minimum atomic E-state index is 0.709. The number of hydrogen-bond acceptors (Lipinski definition) is 5. The van der Waals surface area contributed by atoms with Gasteiger partial charge in [-0.15, -0.1) is 11.3 Å². The lowest BCUT2D eigenvalue weighted by atomic mass is 9.97. The minimum Gasteiger partial charge on any atom is -0.228 e. The summed E-state index contributed by atoms with van der Waals surface area (Å²) in [7, 11) is 0. The molecule has 0 radical (unpaired) electrons. The maximum absolute atomic E-state index is 5.10. The Bertz CT molecular complexity index is 3010. The van der Waals surface area contributed by atoms with E-state index in [9.17, 15) is 0 Å². The smallest absolute Gasteiger partial charge is 0.160 e. The first-order valence-corrected chi connectivity index (χ1v) is 21.2. The second-order valence-corrected chi connectivity index (χ2v) is 16.2. The predicted octanol–water partition coefficient (Wildman–Crippen LogP) is 15.0. The summed E-state index contributed by atoms with van der Waals surface area (Å²) in [6, 6.07) is 76.3. The van der Waals surface area contributed by atoms with Crippen LogP contribution < -0.4 is 0 Å². The molecule has 0 spiro atoms. The van der Waals surface area contributed by atoms with Gasteiger partial charge in [-0.3, -0.25) is 0 Å². The van der Waals surface area contributed by atoms with Crippen molar-refractivity contribution in [3.63, 3.8) is 0 Å². The van der Waals surface area contributed by atoms with Crippen LogP contribution in [0, 0.1) is 0 Å². The molecule has 0 aliphatic rings. The molecule has 3 aromatic heterocycles. The van der Waals surface area contributed by atoms with Crippen LogP contribution in [0.15, 0.2) is 218 Å². The van der Waals surface area contributed by atoms with Crippen molar-refractivity contribution in [1.29, 1.82) is 0 Å². The van der Waals surface area contributed by atoms with Gasteiger partial charge in [0, 0.05) is 53.6 Å². The number of rotatable bonds is 8. The lowest BCUT2D eigenvalue weighted by Crippen LogP contribution is -1.96. The van der Waals surface area contributed by atoms with Crippen molar-refractivity contribution in [2.24, 2.45) is 0 Å². The van der Waals surface area contributed by atoms with Gasteiger partial charge in [-0.2, -0.15) is 0 Å². The topological polar surface area (TPSA) is 51.6 Å². The zero-order valence-electron chi connectivity index (χ0n) is 33.0. The second kappa shape index (κ2) is 15.7. The number of aromatic nitrogens is 4. The molecule has 0 atom stereocenters. The maximum atomic E-state index is 5.10. The lowest BCUT2D eigenvalue weighted by molar-refractivity contribution is 1.18. The van der Waals surface area contributed by atoms with Gasteiger partial charge >= 0.3 is 0 Å². The third kappa shape index (κ3) is 7.28. The molecule has 286 valence electrons. The van der Waals surface area contributed by atoms with Gasteiger partial charge in [0.25, 0.3) is 0 Å². The zero-order chi connectivity index (χ0) is 40.5. The van der Waals surface area contributed by atoms with E-state index >= 15 is 0 Å². The van der Waals surface area contributed by atoms with Crippen LogP contribution in [0.4, 0.5) is 0 Å². The SMILES string of the molecule is c1ccc(-c2cc(-c3cccc(-c4ccc5sc6ccc(-c7cccc(-c8cc(-c9ccccc9)nc(-c9ccccc9)n8)c7)cc6c5c4)c3)nc(-c3ccccc3)n2)cc1. The molecular formula is C56H36N4S. The van der Waals surface area contributed by atoms with Crippen LogP contribution in [-0.2, 0) is 0 Å². The van der Waals surface area contributed by atoms with Crippen LogP contribution >= 0.6 is 11.3 Å². The highest BCUT2D eigenvalue weighted by Gasteiger charge is 2.15. The quantitative estimate of drug-likeness (QED) is 0.154. The van der Waals surface area contributed by atoms with Crippen molar-refractivity contribution < 1.29 is 0 Å². The van der Waals surface area contributed by atoms with E-state index in [0.29, 0.717) is 11.6 Å². The van der Waals surface area contributed by atoms with E-state index < -0.39 is 0 Å². The van der Waals surface area contributed by atoms with Crippen molar-refractivity contribution in [1.82, 2.24) is 19.9 Å². The predicted molar refractivity (Wildman–Crippen MR) is 254 cm³/mol. The van der Waals surface area contributed by atoms with E-state index in [1.54, 1.807) is 0 Å². The number of benzene rings is 8. The number of fused-ring (bicyclic) bond motifs is 3.